The van der Waals surface area contributed by atoms with Gasteiger partial charge >= 0.3 is 0 Å². The van der Waals surface area contributed by atoms with Gasteiger partial charge in [-0.2, -0.15) is 5.10 Å². The van der Waals surface area contributed by atoms with E-state index in [0.717, 1.165) is 24.3 Å². The molecule has 2 aromatic rings. The molecule has 0 aliphatic carbocycles. The number of methoxy groups -OCH3 is 2. The maximum atomic E-state index is 12.1. The lowest BCUT2D eigenvalue weighted by atomic mass is 10.1. The van der Waals surface area contributed by atoms with E-state index in [1.807, 2.05) is 43.2 Å². The first-order valence-electron chi connectivity index (χ1n) is 8.19. The Labute approximate surface area is 148 Å². The van der Waals surface area contributed by atoms with Gasteiger partial charge in [-0.1, -0.05) is 6.07 Å². The van der Waals surface area contributed by atoms with Crippen LogP contribution in [0.15, 0.2) is 30.6 Å². The summed E-state index contributed by atoms with van der Waals surface area (Å²) in [5.41, 5.74) is 1.74. The predicted octanol–water partition coefficient (Wildman–Crippen LogP) is 2.03. The van der Waals surface area contributed by atoms with Gasteiger partial charge in [0.15, 0.2) is 11.5 Å². The van der Waals surface area contributed by atoms with E-state index in [-0.39, 0.29) is 5.91 Å². The van der Waals surface area contributed by atoms with E-state index in [9.17, 15) is 4.79 Å². The van der Waals surface area contributed by atoms with E-state index in [1.54, 1.807) is 20.4 Å². The number of amides is 1. The Kier molecular flexibility index (Phi) is 6.82. The fourth-order valence-corrected chi connectivity index (χ4v) is 2.37. The molecule has 1 amide bonds. The van der Waals surface area contributed by atoms with E-state index >= 15 is 0 Å². The second-order valence-corrected chi connectivity index (χ2v) is 6.03. The number of carbonyl (C=O) groups is 1. The molecule has 0 spiro atoms. The van der Waals surface area contributed by atoms with Gasteiger partial charge in [0, 0.05) is 19.2 Å². The lowest BCUT2D eigenvalue weighted by molar-refractivity contribution is -0.116. The van der Waals surface area contributed by atoms with Crippen LogP contribution in [0, 0.1) is 0 Å². The normalized spacial score (nSPS) is 10.8. The summed E-state index contributed by atoms with van der Waals surface area (Å²) in [4.78, 5) is 14.2. The molecule has 1 aromatic heterocycles. The largest absolute Gasteiger partial charge is 0.493 e. The SMILES string of the molecule is COc1ccc(CCC(=O)Nc2cnn(CCN(C)C)c2)cc1OC. The maximum absolute atomic E-state index is 12.1. The molecule has 7 nitrogen and oxygen atoms in total. The van der Waals surface area contributed by atoms with Crippen molar-refractivity contribution in [2.75, 3.05) is 40.2 Å². The molecule has 136 valence electrons. The lowest BCUT2D eigenvalue weighted by Gasteiger charge is -2.09. The minimum Gasteiger partial charge on any atom is -0.493 e. The van der Waals surface area contributed by atoms with Crippen LogP contribution >= 0.6 is 0 Å². The molecule has 0 saturated carbocycles. The molecule has 2 rings (SSSR count). The summed E-state index contributed by atoms with van der Waals surface area (Å²) in [6.07, 6.45) is 4.53. The first kappa shape index (κ1) is 18.8. The van der Waals surface area contributed by atoms with E-state index < -0.39 is 0 Å². The standard InChI is InChI=1S/C18H26N4O3/c1-21(2)9-10-22-13-15(12-19-22)20-18(23)8-6-14-5-7-16(24-3)17(11-14)25-4/h5,7,11-13H,6,8-10H2,1-4H3,(H,20,23). The highest BCUT2D eigenvalue weighted by Gasteiger charge is 2.08. The van der Waals surface area contributed by atoms with Gasteiger partial charge in [-0.3, -0.25) is 9.48 Å². The molecule has 1 N–H and O–H groups in total. The average molecular weight is 346 g/mol. The Balaban J connectivity index is 1.84. The van der Waals surface area contributed by atoms with Crippen LogP contribution in [-0.4, -0.2) is 55.4 Å². The van der Waals surface area contributed by atoms with Crippen LogP contribution in [0.25, 0.3) is 0 Å². The molecule has 0 fully saturated rings. The number of nitrogens with one attached hydrogen (secondary N) is 1. The summed E-state index contributed by atoms with van der Waals surface area (Å²) < 4.78 is 12.3. The molecular weight excluding hydrogens is 320 g/mol. The van der Waals surface area contributed by atoms with Crippen LogP contribution < -0.4 is 14.8 Å². The second kappa shape index (κ2) is 9.08. The van der Waals surface area contributed by atoms with Crippen molar-refractivity contribution in [3.05, 3.63) is 36.2 Å². The molecular formula is C18H26N4O3. The molecule has 0 aliphatic heterocycles. The van der Waals surface area contributed by atoms with E-state index in [0.29, 0.717) is 24.3 Å². The Morgan fingerprint density at radius 2 is 2.00 bits per heavy atom. The number of likely N-dealkylation sites (N-methyl/N-ethyl adjacent to an activating group) is 1. The van der Waals surface area contributed by atoms with E-state index in [1.165, 1.54) is 0 Å². The molecule has 7 heteroatoms. The van der Waals surface area contributed by atoms with Crippen molar-refractivity contribution in [1.29, 1.82) is 0 Å². The number of rotatable bonds is 9. The van der Waals surface area contributed by atoms with Crippen molar-refractivity contribution in [3.8, 4) is 11.5 Å². The molecule has 0 bridgehead atoms. The number of aromatic nitrogens is 2. The van der Waals surface area contributed by atoms with Crippen LogP contribution in [-0.2, 0) is 17.8 Å². The maximum Gasteiger partial charge on any atom is 0.224 e. The molecule has 1 aromatic carbocycles. The van der Waals surface area contributed by atoms with Crippen molar-refractivity contribution in [3.63, 3.8) is 0 Å². The summed E-state index contributed by atoms with van der Waals surface area (Å²) in [6, 6.07) is 5.68. The highest BCUT2D eigenvalue weighted by atomic mass is 16.5. The zero-order valence-electron chi connectivity index (χ0n) is 15.3. The average Bonchev–Trinajstić information content (AvgIpc) is 3.05. The fraction of sp³-hybridized carbons (Fsp3) is 0.444. The van der Waals surface area contributed by atoms with Crippen LogP contribution in [0.1, 0.15) is 12.0 Å². The van der Waals surface area contributed by atoms with Gasteiger partial charge in [-0.05, 0) is 38.2 Å². The number of aryl methyl sites for hydroxylation is 1. The first-order valence-corrected chi connectivity index (χ1v) is 8.19. The summed E-state index contributed by atoms with van der Waals surface area (Å²) in [6.45, 7) is 1.68. The van der Waals surface area contributed by atoms with Gasteiger partial charge in [-0.25, -0.2) is 0 Å². The molecule has 0 atom stereocenters. The second-order valence-electron chi connectivity index (χ2n) is 6.03. The highest BCUT2D eigenvalue weighted by molar-refractivity contribution is 5.90. The van der Waals surface area contributed by atoms with Gasteiger partial charge in [0.25, 0.3) is 0 Å². The predicted molar refractivity (Wildman–Crippen MR) is 97.3 cm³/mol. The van der Waals surface area contributed by atoms with Gasteiger partial charge < -0.3 is 19.7 Å². The first-order chi connectivity index (χ1) is 12.0. The zero-order chi connectivity index (χ0) is 18.2. The third-order valence-electron chi connectivity index (χ3n) is 3.78. The third kappa shape index (κ3) is 5.79. The molecule has 0 aliphatic rings. The smallest absolute Gasteiger partial charge is 0.224 e. The third-order valence-corrected chi connectivity index (χ3v) is 3.78. The van der Waals surface area contributed by atoms with Crippen molar-refractivity contribution in [1.82, 2.24) is 14.7 Å². The lowest BCUT2D eigenvalue weighted by Crippen LogP contribution is -2.18. The monoisotopic (exact) mass is 346 g/mol. The van der Waals surface area contributed by atoms with Crippen LogP contribution in [0.5, 0.6) is 11.5 Å². The van der Waals surface area contributed by atoms with Crippen molar-refractivity contribution in [2.24, 2.45) is 0 Å². The van der Waals surface area contributed by atoms with Crippen molar-refractivity contribution >= 4 is 11.6 Å². The molecule has 0 radical (unpaired) electrons. The van der Waals surface area contributed by atoms with Crippen molar-refractivity contribution < 1.29 is 14.3 Å². The van der Waals surface area contributed by atoms with Gasteiger partial charge in [0.05, 0.1) is 32.6 Å². The number of benzene rings is 1. The highest BCUT2D eigenvalue weighted by Crippen LogP contribution is 2.28. The minimum absolute atomic E-state index is 0.0399. The zero-order valence-corrected chi connectivity index (χ0v) is 15.3. The number of hydrogen-bond acceptors (Lipinski definition) is 5. The number of ether oxygens (including phenoxy) is 2. The molecule has 1 heterocycles. The van der Waals surface area contributed by atoms with Crippen molar-refractivity contribution in [2.45, 2.75) is 19.4 Å². The summed E-state index contributed by atoms with van der Waals surface area (Å²) >= 11 is 0. The summed E-state index contributed by atoms with van der Waals surface area (Å²) in [7, 11) is 7.23. The van der Waals surface area contributed by atoms with Gasteiger partial charge in [-0.15, -0.1) is 0 Å². The number of carbonyl (C=O) groups excluding carboxylic acids is 1. The topological polar surface area (TPSA) is 68.6 Å². The van der Waals surface area contributed by atoms with E-state index in [2.05, 4.69) is 15.3 Å². The van der Waals surface area contributed by atoms with Gasteiger partial charge in [0.1, 0.15) is 0 Å². The summed E-state index contributed by atoms with van der Waals surface area (Å²) in [5.74, 6) is 1.31. The van der Waals surface area contributed by atoms with Gasteiger partial charge in [0.2, 0.25) is 5.91 Å². The van der Waals surface area contributed by atoms with Crippen LogP contribution in [0.2, 0.25) is 0 Å². The van der Waals surface area contributed by atoms with Crippen LogP contribution in [0.4, 0.5) is 5.69 Å². The number of anilines is 1. The van der Waals surface area contributed by atoms with E-state index in [4.69, 9.17) is 9.47 Å². The number of hydrogen-bond donors (Lipinski definition) is 1. The Morgan fingerprint density at radius 1 is 1.24 bits per heavy atom. The minimum atomic E-state index is -0.0399. The quantitative estimate of drug-likeness (QED) is 0.752. The van der Waals surface area contributed by atoms with Crippen LogP contribution in [0.3, 0.4) is 0 Å². The molecule has 0 unspecified atom stereocenters. The summed E-state index contributed by atoms with van der Waals surface area (Å²) in [5, 5.41) is 7.13. The molecule has 25 heavy (non-hydrogen) atoms. The Morgan fingerprint density at radius 3 is 2.68 bits per heavy atom. The Bertz CT molecular complexity index is 697. The Hall–Kier alpha value is -2.54. The number of nitrogens with zero attached hydrogens (tertiary/aromatic N) is 3. The molecule has 0 saturated heterocycles. The fourth-order valence-electron chi connectivity index (χ4n) is 2.37.